The molecule has 17 heavy (non-hydrogen) atoms. The predicted molar refractivity (Wildman–Crippen MR) is 60.0 cm³/mol. The van der Waals surface area contributed by atoms with Crippen LogP contribution >= 0.6 is 0 Å². The highest BCUT2D eigenvalue weighted by atomic mass is 16.6. The number of hydrogen-bond donors (Lipinski definition) is 0. The summed E-state index contributed by atoms with van der Waals surface area (Å²) in [5, 5.41) is 10.6. The standard InChI is InChI=1S/C11H11NO5/c1-15-9-4-3-7-5-8(12(13)14)6-17-10(7)11(9)16-2/h3-5H,6H2,1-2H3. The van der Waals surface area contributed by atoms with Crippen molar-refractivity contribution in [2.45, 2.75) is 0 Å². The summed E-state index contributed by atoms with van der Waals surface area (Å²) in [6, 6.07) is 3.37. The van der Waals surface area contributed by atoms with Gasteiger partial charge in [0.1, 0.15) is 0 Å². The van der Waals surface area contributed by atoms with E-state index in [2.05, 4.69) is 0 Å². The van der Waals surface area contributed by atoms with E-state index in [9.17, 15) is 10.1 Å². The minimum absolute atomic E-state index is 0.0183. The third kappa shape index (κ3) is 1.89. The Morgan fingerprint density at radius 2 is 2.12 bits per heavy atom. The van der Waals surface area contributed by atoms with Gasteiger partial charge in [0.2, 0.25) is 5.75 Å². The lowest BCUT2D eigenvalue weighted by molar-refractivity contribution is -0.427. The van der Waals surface area contributed by atoms with Crippen LogP contribution in [0.25, 0.3) is 6.08 Å². The highest BCUT2D eigenvalue weighted by molar-refractivity contribution is 5.68. The van der Waals surface area contributed by atoms with Crippen LogP contribution in [-0.4, -0.2) is 25.7 Å². The van der Waals surface area contributed by atoms with Gasteiger partial charge in [0.15, 0.2) is 18.1 Å². The zero-order valence-electron chi connectivity index (χ0n) is 9.43. The Labute approximate surface area is 97.6 Å². The predicted octanol–water partition coefficient (Wildman–Crippen LogP) is 1.71. The zero-order chi connectivity index (χ0) is 12.4. The van der Waals surface area contributed by atoms with E-state index in [4.69, 9.17) is 14.2 Å². The Morgan fingerprint density at radius 3 is 2.71 bits per heavy atom. The SMILES string of the molecule is COc1ccc2c(c1OC)OCC([N+](=O)[O-])=C2. The minimum atomic E-state index is -0.459. The third-order valence-electron chi connectivity index (χ3n) is 2.45. The molecule has 0 radical (unpaired) electrons. The van der Waals surface area contributed by atoms with E-state index in [1.165, 1.54) is 20.3 Å². The molecule has 0 fully saturated rings. The fraction of sp³-hybridized carbons (Fsp3) is 0.273. The van der Waals surface area contributed by atoms with Crippen molar-refractivity contribution in [2.24, 2.45) is 0 Å². The molecule has 0 spiro atoms. The smallest absolute Gasteiger partial charge is 0.284 e. The number of nitrogens with zero attached hydrogens (tertiary/aromatic N) is 1. The molecule has 6 nitrogen and oxygen atoms in total. The van der Waals surface area contributed by atoms with Gasteiger partial charge in [-0.2, -0.15) is 0 Å². The van der Waals surface area contributed by atoms with Crippen LogP contribution in [-0.2, 0) is 0 Å². The van der Waals surface area contributed by atoms with Gasteiger partial charge in [0.05, 0.1) is 19.1 Å². The number of fused-ring (bicyclic) bond motifs is 1. The summed E-state index contributed by atoms with van der Waals surface area (Å²) in [7, 11) is 3.01. The average molecular weight is 237 g/mol. The number of ether oxygens (including phenoxy) is 3. The van der Waals surface area contributed by atoms with Crippen LogP contribution < -0.4 is 14.2 Å². The lowest BCUT2D eigenvalue weighted by Gasteiger charge is -2.18. The van der Waals surface area contributed by atoms with E-state index in [1.54, 1.807) is 12.1 Å². The molecule has 0 unspecified atom stereocenters. The maximum Gasteiger partial charge on any atom is 0.284 e. The Hall–Kier alpha value is -2.24. The molecular weight excluding hydrogens is 226 g/mol. The lowest BCUT2D eigenvalue weighted by atomic mass is 10.1. The summed E-state index contributed by atoms with van der Waals surface area (Å²) in [5.74, 6) is 1.45. The maximum atomic E-state index is 10.6. The third-order valence-corrected chi connectivity index (χ3v) is 2.45. The van der Waals surface area contributed by atoms with E-state index in [0.717, 1.165) is 0 Å². The summed E-state index contributed by atoms with van der Waals surface area (Å²) in [4.78, 5) is 10.2. The molecule has 6 heteroatoms. The fourth-order valence-corrected chi connectivity index (χ4v) is 1.65. The van der Waals surface area contributed by atoms with Crippen LogP contribution in [0.1, 0.15) is 5.56 Å². The molecule has 0 amide bonds. The topological polar surface area (TPSA) is 70.8 Å². The Kier molecular flexibility index (Phi) is 2.86. The highest BCUT2D eigenvalue weighted by Gasteiger charge is 2.24. The zero-order valence-corrected chi connectivity index (χ0v) is 9.43. The summed E-state index contributed by atoms with van der Waals surface area (Å²) < 4.78 is 15.6. The number of nitro groups is 1. The highest BCUT2D eigenvalue weighted by Crippen LogP contribution is 2.42. The molecule has 0 bridgehead atoms. The monoisotopic (exact) mass is 237 g/mol. The van der Waals surface area contributed by atoms with Crippen LogP contribution in [0.2, 0.25) is 0 Å². The Balaban J connectivity index is 2.52. The summed E-state index contributed by atoms with van der Waals surface area (Å²) in [5.41, 5.74) is 0.630. The van der Waals surface area contributed by atoms with E-state index in [1.807, 2.05) is 0 Å². The molecule has 0 atom stereocenters. The Bertz CT molecular complexity index is 495. The van der Waals surface area contributed by atoms with Crippen LogP contribution in [0.5, 0.6) is 17.2 Å². The molecule has 0 aliphatic carbocycles. The molecule has 0 saturated heterocycles. The number of rotatable bonds is 3. The van der Waals surface area contributed by atoms with Crippen molar-refractivity contribution in [1.29, 1.82) is 0 Å². The first-order valence-electron chi connectivity index (χ1n) is 4.90. The molecule has 90 valence electrons. The molecule has 1 aromatic rings. The first-order valence-corrected chi connectivity index (χ1v) is 4.90. The van der Waals surface area contributed by atoms with Gasteiger partial charge in [0.25, 0.3) is 5.70 Å². The van der Waals surface area contributed by atoms with Gasteiger partial charge in [-0.1, -0.05) is 0 Å². The number of benzene rings is 1. The molecule has 0 saturated carbocycles. The average Bonchev–Trinajstić information content (AvgIpc) is 2.36. The molecule has 0 N–H and O–H groups in total. The first kappa shape index (κ1) is 11.3. The van der Waals surface area contributed by atoms with Gasteiger partial charge in [-0.3, -0.25) is 10.1 Å². The maximum absolute atomic E-state index is 10.6. The second-order valence-corrected chi connectivity index (χ2v) is 3.40. The molecule has 1 aliphatic heterocycles. The summed E-state index contributed by atoms with van der Waals surface area (Å²) in [6.45, 7) is -0.0798. The van der Waals surface area contributed by atoms with Crippen molar-refractivity contribution in [3.63, 3.8) is 0 Å². The molecule has 0 aromatic heterocycles. The summed E-state index contributed by atoms with van der Waals surface area (Å²) in [6.07, 6.45) is 1.47. The van der Waals surface area contributed by atoms with Crippen molar-refractivity contribution < 1.29 is 19.1 Å². The molecule has 1 heterocycles. The van der Waals surface area contributed by atoms with E-state index >= 15 is 0 Å². The van der Waals surface area contributed by atoms with E-state index in [-0.39, 0.29) is 12.3 Å². The van der Waals surface area contributed by atoms with Crippen molar-refractivity contribution in [3.05, 3.63) is 33.5 Å². The van der Waals surface area contributed by atoms with Crippen LogP contribution in [0.15, 0.2) is 17.8 Å². The number of hydrogen-bond acceptors (Lipinski definition) is 5. The van der Waals surface area contributed by atoms with Crippen LogP contribution in [0, 0.1) is 10.1 Å². The van der Waals surface area contributed by atoms with Crippen LogP contribution in [0.4, 0.5) is 0 Å². The second-order valence-electron chi connectivity index (χ2n) is 3.40. The van der Waals surface area contributed by atoms with Crippen LogP contribution in [0.3, 0.4) is 0 Å². The largest absolute Gasteiger partial charge is 0.493 e. The fourth-order valence-electron chi connectivity index (χ4n) is 1.65. The van der Waals surface area contributed by atoms with Crippen molar-refractivity contribution in [1.82, 2.24) is 0 Å². The lowest BCUT2D eigenvalue weighted by Crippen LogP contribution is -2.14. The minimum Gasteiger partial charge on any atom is -0.493 e. The van der Waals surface area contributed by atoms with Gasteiger partial charge < -0.3 is 14.2 Å². The molecule has 1 aromatic carbocycles. The van der Waals surface area contributed by atoms with Gasteiger partial charge >= 0.3 is 0 Å². The molecule has 1 aliphatic rings. The van der Waals surface area contributed by atoms with Gasteiger partial charge in [0, 0.05) is 11.6 Å². The van der Waals surface area contributed by atoms with Gasteiger partial charge in [-0.15, -0.1) is 0 Å². The molecular formula is C11H11NO5. The second kappa shape index (κ2) is 4.32. The Morgan fingerprint density at radius 1 is 1.35 bits per heavy atom. The normalized spacial score (nSPS) is 13.2. The first-order chi connectivity index (χ1) is 8.17. The van der Waals surface area contributed by atoms with E-state index in [0.29, 0.717) is 22.8 Å². The quantitative estimate of drug-likeness (QED) is 0.591. The van der Waals surface area contributed by atoms with Gasteiger partial charge in [-0.05, 0) is 12.1 Å². The summed E-state index contributed by atoms with van der Waals surface area (Å²) >= 11 is 0. The van der Waals surface area contributed by atoms with E-state index < -0.39 is 4.92 Å². The van der Waals surface area contributed by atoms with Crippen molar-refractivity contribution in [2.75, 3.05) is 20.8 Å². The molecule has 2 rings (SSSR count). The van der Waals surface area contributed by atoms with Crippen molar-refractivity contribution in [3.8, 4) is 17.2 Å². The number of methoxy groups -OCH3 is 2. The van der Waals surface area contributed by atoms with Crippen molar-refractivity contribution >= 4 is 6.08 Å². The van der Waals surface area contributed by atoms with Gasteiger partial charge in [-0.25, -0.2) is 0 Å².